The number of aromatic nitrogens is 1. The lowest BCUT2D eigenvalue weighted by atomic mass is 9.94. The van der Waals surface area contributed by atoms with E-state index in [2.05, 4.69) is 16.4 Å². The lowest BCUT2D eigenvalue weighted by Crippen LogP contribution is -2.30. The fraction of sp³-hybridized carbons (Fsp3) is 0.333. The summed E-state index contributed by atoms with van der Waals surface area (Å²) in [6.45, 7) is 3.83. The molecule has 126 valence electrons. The van der Waals surface area contributed by atoms with Crippen LogP contribution in [0, 0.1) is 11.3 Å². The third-order valence-electron chi connectivity index (χ3n) is 3.53. The number of hydrogen-bond acceptors (Lipinski definition) is 4. The molecule has 1 aliphatic heterocycles. The first-order chi connectivity index (χ1) is 11.7. The molecule has 0 amide bonds. The molecule has 0 radical (unpaired) electrons. The van der Waals surface area contributed by atoms with Gasteiger partial charge in [0.15, 0.2) is 0 Å². The molecule has 3 rings (SSSR count). The maximum absolute atomic E-state index is 9.24. The summed E-state index contributed by atoms with van der Waals surface area (Å²) in [4.78, 5) is 4.03. The number of ether oxygens (including phenoxy) is 1. The summed E-state index contributed by atoms with van der Waals surface area (Å²) in [5.41, 5.74) is 1.81. The molecule has 1 fully saturated rings. The summed E-state index contributed by atoms with van der Waals surface area (Å²) >= 11 is 12.0. The van der Waals surface area contributed by atoms with Crippen LogP contribution in [-0.4, -0.2) is 31.3 Å². The summed E-state index contributed by atoms with van der Waals surface area (Å²) in [6, 6.07) is 11.3. The molecule has 2 heterocycles. The van der Waals surface area contributed by atoms with Crippen LogP contribution in [0.1, 0.15) is 17.0 Å². The summed E-state index contributed by atoms with van der Waals surface area (Å²) in [7, 11) is 0. The van der Waals surface area contributed by atoms with Gasteiger partial charge in [-0.3, -0.25) is 4.98 Å². The standard InChI is InChI=1S/C14H10Cl2N2.C4H9NO/c15-13-4-3-10(14(16)7-13)6-12(8-17)11-2-1-5-18-9-11;1-3-6-4-2-5-1/h1-5,7,9,12H,6H2;5H,1-4H2. The van der Waals surface area contributed by atoms with E-state index < -0.39 is 0 Å². The minimum Gasteiger partial charge on any atom is -0.379 e. The Balaban J connectivity index is 0.000000292. The molecule has 6 heteroatoms. The third kappa shape index (κ3) is 6.10. The van der Waals surface area contributed by atoms with Gasteiger partial charge in [0.2, 0.25) is 0 Å². The normalized spacial score (nSPS) is 14.9. The SMILES string of the molecule is C1COCCN1.N#CC(Cc1ccc(Cl)cc1Cl)c1cccnc1. The first kappa shape index (κ1) is 18.7. The van der Waals surface area contributed by atoms with Crippen molar-refractivity contribution in [1.82, 2.24) is 10.3 Å². The molecule has 0 bridgehead atoms. The molecule has 1 aromatic heterocycles. The Bertz CT molecular complexity index is 658. The van der Waals surface area contributed by atoms with E-state index in [-0.39, 0.29) is 5.92 Å². The van der Waals surface area contributed by atoms with Crippen LogP contribution in [0.25, 0.3) is 0 Å². The topological polar surface area (TPSA) is 57.9 Å². The van der Waals surface area contributed by atoms with Gasteiger partial charge in [0, 0.05) is 35.5 Å². The van der Waals surface area contributed by atoms with Crippen molar-refractivity contribution < 1.29 is 4.74 Å². The van der Waals surface area contributed by atoms with Crippen LogP contribution in [0.5, 0.6) is 0 Å². The van der Waals surface area contributed by atoms with Gasteiger partial charge >= 0.3 is 0 Å². The van der Waals surface area contributed by atoms with Crippen LogP contribution in [0.4, 0.5) is 0 Å². The number of nitriles is 1. The van der Waals surface area contributed by atoms with Gasteiger partial charge in [-0.05, 0) is 35.7 Å². The average Bonchev–Trinajstić information content (AvgIpc) is 2.64. The van der Waals surface area contributed by atoms with E-state index in [1.165, 1.54) is 0 Å². The van der Waals surface area contributed by atoms with Crippen molar-refractivity contribution in [2.24, 2.45) is 0 Å². The summed E-state index contributed by atoms with van der Waals surface area (Å²) in [5.74, 6) is -0.252. The number of morpholine rings is 1. The number of halogens is 2. The van der Waals surface area contributed by atoms with Crippen molar-refractivity contribution in [2.75, 3.05) is 26.3 Å². The van der Waals surface area contributed by atoms with E-state index in [1.54, 1.807) is 24.5 Å². The maximum Gasteiger partial charge on any atom is 0.0768 e. The van der Waals surface area contributed by atoms with Crippen molar-refractivity contribution in [3.8, 4) is 6.07 Å². The van der Waals surface area contributed by atoms with E-state index in [0.29, 0.717) is 16.5 Å². The molecule has 1 atom stereocenters. The zero-order valence-electron chi connectivity index (χ0n) is 13.2. The van der Waals surface area contributed by atoms with Crippen LogP contribution in [-0.2, 0) is 11.2 Å². The molecule has 1 N–H and O–H groups in total. The lowest BCUT2D eigenvalue weighted by Gasteiger charge is -2.10. The second kappa shape index (κ2) is 10.3. The highest BCUT2D eigenvalue weighted by atomic mass is 35.5. The molecular weight excluding hydrogens is 345 g/mol. The molecule has 1 saturated heterocycles. The fourth-order valence-electron chi connectivity index (χ4n) is 2.24. The highest BCUT2D eigenvalue weighted by Crippen LogP contribution is 2.26. The average molecular weight is 364 g/mol. The monoisotopic (exact) mass is 363 g/mol. The fourth-order valence-corrected chi connectivity index (χ4v) is 2.73. The van der Waals surface area contributed by atoms with E-state index in [4.69, 9.17) is 27.9 Å². The minimum atomic E-state index is -0.252. The van der Waals surface area contributed by atoms with Gasteiger partial charge in [-0.2, -0.15) is 5.26 Å². The van der Waals surface area contributed by atoms with Crippen LogP contribution in [0.15, 0.2) is 42.7 Å². The molecule has 1 unspecified atom stereocenters. The summed E-state index contributed by atoms with van der Waals surface area (Å²) in [5, 5.41) is 13.6. The zero-order valence-corrected chi connectivity index (χ0v) is 14.7. The molecule has 1 aromatic carbocycles. The Kier molecular flexibility index (Phi) is 8.00. The van der Waals surface area contributed by atoms with Gasteiger partial charge in [-0.1, -0.05) is 35.3 Å². The van der Waals surface area contributed by atoms with Crippen LogP contribution in [0.3, 0.4) is 0 Å². The summed E-state index contributed by atoms with van der Waals surface area (Å²) in [6.07, 6.45) is 3.95. The van der Waals surface area contributed by atoms with Gasteiger partial charge in [-0.15, -0.1) is 0 Å². The van der Waals surface area contributed by atoms with Crippen molar-refractivity contribution in [3.63, 3.8) is 0 Å². The van der Waals surface area contributed by atoms with Crippen molar-refractivity contribution in [1.29, 1.82) is 5.26 Å². The zero-order chi connectivity index (χ0) is 17.2. The quantitative estimate of drug-likeness (QED) is 0.899. The van der Waals surface area contributed by atoms with Gasteiger partial charge in [0.05, 0.1) is 25.2 Å². The molecule has 2 aromatic rings. The Hall–Kier alpha value is -1.64. The van der Waals surface area contributed by atoms with Gasteiger partial charge in [0.25, 0.3) is 0 Å². The predicted molar refractivity (Wildman–Crippen MR) is 96.4 cm³/mol. The van der Waals surface area contributed by atoms with E-state index in [0.717, 1.165) is 37.4 Å². The smallest absolute Gasteiger partial charge is 0.0768 e. The predicted octanol–water partition coefficient (Wildman–Crippen LogP) is 3.84. The van der Waals surface area contributed by atoms with E-state index >= 15 is 0 Å². The largest absolute Gasteiger partial charge is 0.379 e. The maximum atomic E-state index is 9.24. The first-order valence-corrected chi connectivity index (χ1v) is 8.48. The number of hydrogen-bond donors (Lipinski definition) is 1. The second-order valence-corrected chi connectivity index (χ2v) is 6.11. The Morgan fingerprint density at radius 3 is 2.54 bits per heavy atom. The molecular formula is C18H19Cl2N3O. The Labute approximate surface area is 152 Å². The number of rotatable bonds is 3. The molecule has 24 heavy (non-hydrogen) atoms. The number of nitrogens with one attached hydrogen (secondary N) is 1. The van der Waals surface area contributed by atoms with Crippen molar-refractivity contribution in [2.45, 2.75) is 12.3 Å². The van der Waals surface area contributed by atoms with Crippen LogP contribution >= 0.6 is 23.2 Å². The van der Waals surface area contributed by atoms with Gasteiger partial charge in [0.1, 0.15) is 0 Å². The Morgan fingerprint density at radius 1 is 1.25 bits per heavy atom. The molecule has 0 aliphatic carbocycles. The van der Waals surface area contributed by atoms with Gasteiger partial charge in [-0.25, -0.2) is 0 Å². The third-order valence-corrected chi connectivity index (χ3v) is 4.12. The number of benzene rings is 1. The van der Waals surface area contributed by atoms with E-state index in [1.807, 2.05) is 18.2 Å². The Morgan fingerprint density at radius 2 is 2.04 bits per heavy atom. The first-order valence-electron chi connectivity index (χ1n) is 7.72. The lowest BCUT2D eigenvalue weighted by molar-refractivity contribution is 0.109. The van der Waals surface area contributed by atoms with Crippen molar-refractivity contribution in [3.05, 3.63) is 63.9 Å². The van der Waals surface area contributed by atoms with Crippen LogP contribution in [0.2, 0.25) is 10.0 Å². The molecule has 0 spiro atoms. The molecule has 1 aliphatic rings. The number of nitrogens with zero attached hydrogens (tertiary/aromatic N) is 2. The highest BCUT2D eigenvalue weighted by Gasteiger charge is 2.13. The van der Waals surface area contributed by atoms with E-state index in [9.17, 15) is 5.26 Å². The summed E-state index contributed by atoms with van der Waals surface area (Å²) < 4.78 is 5.01. The molecule has 0 saturated carbocycles. The van der Waals surface area contributed by atoms with Gasteiger partial charge < -0.3 is 10.1 Å². The highest BCUT2D eigenvalue weighted by molar-refractivity contribution is 6.35. The van der Waals surface area contributed by atoms with Crippen molar-refractivity contribution >= 4 is 23.2 Å². The second-order valence-electron chi connectivity index (χ2n) is 5.27. The molecule has 4 nitrogen and oxygen atoms in total. The minimum absolute atomic E-state index is 0.252. The van der Waals surface area contributed by atoms with Crippen LogP contribution < -0.4 is 5.32 Å². The number of pyridine rings is 1.